The number of anilines is 1. The second kappa shape index (κ2) is 4.97. The molecule has 2 nitrogen and oxygen atoms in total. The van der Waals surface area contributed by atoms with Crippen LogP contribution in [-0.4, -0.2) is 4.98 Å². The molecule has 0 spiro atoms. The van der Waals surface area contributed by atoms with Crippen LogP contribution < -0.4 is 5.73 Å². The molecule has 0 unspecified atom stereocenters. The number of hydrogen-bond acceptors (Lipinski definition) is 2. The van der Waals surface area contributed by atoms with E-state index in [0.29, 0.717) is 10.8 Å². The van der Waals surface area contributed by atoms with E-state index in [1.807, 2.05) is 20.8 Å². The van der Waals surface area contributed by atoms with E-state index < -0.39 is 0 Å². The molecule has 62 valence electrons. The number of pyridine rings is 1. The Balaban J connectivity index is 0.000000461. The number of halogens is 1. The first kappa shape index (κ1) is 10.2. The summed E-state index contributed by atoms with van der Waals surface area (Å²) in [5, 5.41) is 0.657. The van der Waals surface area contributed by atoms with E-state index in [9.17, 15) is 0 Å². The van der Waals surface area contributed by atoms with Crippen LogP contribution in [-0.2, 0) is 0 Å². The Morgan fingerprint density at radius 3 is 2.27 bits per heavy atom. The highest BCUT2D eigenvalue weighted by molar-refractivity contribution is 6.31. The average Bonchev–Trinajstić information content (AvgIpc) is 2.02. The van der Waals surface area contributed by atoms with Crippen molar-refractivity contribution in [1.82, 2.24) is 4.98 Å². The van der Waals surface area contributed by atoms with Crippen LogP contribution >= 0.6 is 11.6 Å². The van der Waals surface area contributed by atoms with Crippen LogP contribution in [0.3, 0.4) is 0 Å². The zero-order chi connectivity index (χ0) is 8.85. The van der Waals surface area contributed by atoms with Gasteiger partial charge >= 0.3 is 0 Å². The van der Waals surface area contributed by atoms with Crippen LogP contribution in [0.25, 0.3) is 0 Å². The van der Waals surface area contributed by atoms with E-state index >= 15 is 0 Å². The van der Waals surface area contributed by atoms with Gasteiger partial charge in [-0.25, -0.2) is 4.98 Å². The Morgan fingerprint density at radius 1 is 1.36 bits per heavy atom. The minimum absolute atomic E-state index is 0.511. The Labute approximate surface area is 72.4 Å². The number of aromatic nitrogens is 1. The van der Waals surface area contributed by atoms with Crippen LogP contribution in [0, 0.1) is 6.92 Å². The summed E-state index contributed by atoms with van der Waals surface area (Å²) in [7, 11) is 0. The van der Waals surface area contributed by atoms with E-state index in [4.69, 9.17) is 17.3 Å². The third-order valence-corrected chi connectivity index (χ3v) is 1.44. The fraction of sp³-hybridized carbons (Fsp3) is 0.375. The standard InChI is InChI=1S/C6H7ClN2.C2H6/c1-4-5(7)2-3-6(8)9-4;1-2/h2-3H,1H3,(H2,8,9);1-2H3. The SMILES string of the molecule is CC.Cc1nc(N)ccc1Cl. The summed E-state index contributed by atoms with van der Waals surface area (Å²) in [4.78, 5) is 3.92. The molecule has 0 atom stereocenters. The number of hydrogen-bond donors (Lipinski definition) is 1. The van der Waals surface area contributed by atoms with Gasteiger partial charge in [-0.1, -0.05) is 25.4 Å². The molecule has 0 aliphatic rings. The first-order chi connectivity index (χ1) is 5.20. The average molecular weight is 173 g/mol. The lowest BCUT2D eigenvalue weighted by atomic mass is 10.4. The van der Waals surface area contributed by atoms with Gasteiger partial charge in [0.05, 0.1) is 10.7 Å². The number of aryl methyl sites for hydroxylation is 1. The topological polar surface area (TPSA) is 38.9 Å². The minimum atomic E-state index is 0.511. The van der Waals surface area contributed by atoms with Crippen LogP contribution in [0.15, 0.2) is 12.1 Å². The lowest BCUT2D eigenvalue weighted by Crippen LogP contribution is -1.90. The lowest BCUT2D eigenvalue weighted by Gasteiger charge is -1.95. The van der Waals surface area contributed by atoms with E-state index in [1.165, 1.54) is 0 Å². The predicted octanol–water partition coefficient (Wildman–Crippen LogP) is 2.65. The number of rotatable bonds is 0. The molecule has 1 rings (SSSR count). The molecule has 0 aromatic carbocycles. The normalized spacial score (nSPS) is 8.36. The fourth-order valence-electron chi connectivity index (χ4n) is 0.563. The third-order valence-electron chi connectivity index (χ3n) is 1.04. The van der Waals surface area contributed by atoms with Gasteiger partial charge in [-0.3, -0.25) is 0 Å². The molecule has 11 heavy (non-hydrogen) atoms. The second-order valence-electron chi connectivity index (χ2n) is 1.80. The highest BCUT2D eigenvalue weighted by Crippen LogP contribution is 2.12. The molecule has 0 fully saturated rings. The molecule has 0 amide bonds. The van der Waals surface area contributed by atoms with Crippen molar-refractivity contribution in [3.63, 3.8) is 0 Å². The molecule has 1 aromatic rings. The second-order valence-corrected chi connectivity index (χ2v) is 2.21. The summed E-state index contributed by atoms with van der Waals surface area (Å²) in [5.74, 6) is 0.511. The summed E-state index contributed by atoms with van der Waals surface area (Å²) in [6.45, 7) is 5.82. The Morgan fingerprint density at radius 2 is 1.91 bits per heavy atom. The van der Waals surface area contributed by atoms with Crippen molar-refractivity contribution < 1.29 is 0 Å². The van der Waals surface area contributed by atoms with E-state index in [2.05, 4.69) is 4.98 Å². The largest absolute Gasteiger partial charge is 0.384 e. The molecule has 1 aromatic heterocycles. The van der Waals surface area contributed by atoms with Crippen molar-refractivity contribution in [3.8, 4) is 0 Å². The summed E-state index contributed by atoms with van der Waals surface area (Å²) < 4.78 is 0. The molecule has 0 aliphatic carbocycles. The van der Waals surface area contributed by atoms with Gasteiger partial charge in [0.25, 0.3) is 0 Å². The van der Waals surface area contributed by atoms with Crippen LogP contribution in [0.1, 0.15) is 19.5 Å². The van der Waals surface area contributed by atoms with Gasteiger partial charge < -0.3 is 5.73 Å². The molecular weight excluding hydrogens is 160 g/mol. The van der Waals surface area contributed by atoms with Gasteiger partial charge in [-0.2, -0.15) is 0 Å². The molecule has 0 radical (unpaired) electrons. The fourth-order valence-corrected chi connectivity index (χ4v) is 0.669. The Hall–Kier alpha value is -0.760. The molecule has 1 heterocycles. The van der Waals surface area contributed by atoms with Crippen LogP contribution in [0.5, 0.6) is 0 Å². The van der Waals surface area contributed by atoms with Crippen molar-refractivity contribution in [2.24, 2.45) is 0 Å². The molecule has 0 saturated heterocycles. The maximum Gasteiger partial charge on any atom is 0.123 e. The number of nitrogens with zero attached hydrogens (tertiary/aromatic N) is 1. The van der Waals surface area contributed by atoms with Crippen molar-refractivity contribution in [3.05, 3.63) is 22.8 Å². The van der Waals surface area contributed by atoms with Crippen molar-refractivity contribution in [2.45, 2.75) is 20.8 Å². The Bertz CT molecular complexity index is 223. The first-order valence-electron chi connectivity index (χ1n) is 3.59. The number of nitrogen functional groups attached to an aromatic ring is 1. The van der Waals surface area contributed by atoms with Crippen LogP contribution in [0.4, 0.5) is 5.82 Å². The van der Waals surface area contributed by atoms with E-state index in [-0.39, 0.29) is 0 Å². The molecular formula is C8H13ClN2. The monoisotopic (exact) mass is 172 g/mol. The predicted molar refractivity (Wildman–Crippen MR) is 49.7 cm³/mol. The molecule has 3 heteroatoms. The summed E-state index contributed by atoms with van der Waals surface area (Å²) >= 11 is 5.66. The van der Waals surface area contributed by atoms with Crippen LogP contribution in [0.2, 0.25) is 5.02 Å². The molecule has 0 aliphatic heterocycles. The van der Waals surface area contributed by atoms with Gasteiger partial charge in [0.2, 0.25) is 0 Å². The van der Waals surface area contributed by atoms with E-state index in [0.717, 1.165) is 5.69 Å². The lowest BCUT2D eigenvalue weighted by molar-refractivity contribution is 1.21. The van der Waals surface area contributed by atoms with Crippen molar-refractivity contribution in [1.29, 1.82) is 0 Å². The maximum atomic E-state index is 5.66. The van der Waals surface area contributed by atoms with Gasteiger partial charge in [-0.05, 0) is 19.1 Å². The smallest absolute Gasteiger partial charge is 0.123 e. The van der Waals surface area contributed by atoms with E-state index in [1.54, 1.807) is 12.1 Å². The Kier molecular flexibility index (Phi) is 4.62. The summed E-state index contributed by atoms with van der Waals surface area (Å²) in [6, 6.07) is 3.41. The minimum Gasteiger partial charge on any atom is -0.384 e. The molecule has 0 saturated carbocycles. The highest BCUT2D eigenvalue weighted by Gasteiger charge is 1.93. The zero-order valence-corrected chi connectivity index (χ0v) is 7.81. The third kappa shape index (κ3) is 3.23. The first-order valence-corrected chi connectivity index (χ1v) is 3.96. The van der Waals surface area contributed by atoms with Gasteiger partial charge in [-0.15, -0.1) is 0 Å². The number of nitrogens with two attached hydrogens (primary N) is 1. The molecule has 2 N–H and O–H groups in total. The van der Waals surface area contributed by atoms with Crippen molar-refractivity contribution >= 4 is 17.4 Å². The van der Waals surface area contributed by atoms with Gasteiger partial charge in [0.15, 0.2) is 0 Å². The maximum absolute atomic E-state index is 5.66. The quantitative estimate of drug-likeness (QED) is 0.654. The van der Waals surface area contributed by atoms with Gasteiger partial charge in [0, 0.05) is 0 Å². The summed E-state index contributed by atoms with van der Waals surface area (Å²) in [6.07, 6.45) is 0. The highest BCUT2D eigenvalue weighted by atomic mass is 35.5. The van der Waals surface area contributed by atoms with Crippen molar-refractivity contribution in [2.75, 3.05) is 5.73 Å². The summed E-state index contributed by atoms with van der Waals surface area (Å²) in [5.41, 5.74) is 6.13. The van der Waals surface area contributed by atoms with Gasteiger partial charge in [0.1, 0.15) is 5.82 Å². The zero-order valence-electron chi connectivity index (χ0n) is 7.06. The molecule has 0 bridgehead atoms.